The van der Waals surface area contributed by atoms with Crippen molar-refractivity contribution >= 4 is 55.2 Å². The number of allylic oxidation sites excluding steroid dienone is 6. The standard InChI is InChI=1S/C24H19Br2NO6/c1-8-5-14(28)12-6-11-9(3-4-10-17(11)24(32)27-23(10)31)16(18(12)21(8)29)13-7-15(33-2)22(30)20(26)19(13)25/h3,5,7,10-11,16-17,30H,4,6H2,1-2H3,(H,27,31,32)/t10-,11+,16+,17-/m0/s1. The first-order valence-electron chi connectivity index (χ1n) is 10.5. The van der Waals surface area contributed by atoms with Crippen LogP contribution >= 0.6 is 31.9 Å². The number of fused-ring (bicyclic) bond motifs is 3. The summed E-state index contributed by atoms with van der Waals surface area (Å²) >= 11 is 6.92. The van der Waals surface area contributed by atoms with Crippen molar-refractivity contribution in [2.24, 2.45) is 17.8 Å². The number of rotatable bonds is 2. The van der Waals surface area contributed by atoms with Crippen LogP contribution in [0.2, 0.25) is 0 Å². The first-order chi connectivity index (χ1) is 15.6. The van der Waals surface area contributed by atoms with Gasteiger partial charge in [0.05, 0.1) is 23.4 Å². The zero-order chi connectivity index (χ0) is 23.8. The van der Waals surface area contributed by atoms with Crippen LogP contribution in [0.15, 0.2) is 49.5 Å². The zero-order valence-corrected chi connectivity index (χ0v) is 20.9. The number of phenols is 1. The number of nitrogens with one attached hydrogen (secondary N) is 1. The number of benzene rings is 1. The molecule has 1 aliphatic heterocycles. The smallest absolute Gasteiger partial charge is 0.231 e. The molecule has 5 rings (SSSR count). The lowest BCUT2D eigenvalue weighted by molar-refractivity contribution is -0.126. The van der Waals surface area contributed by atoms with Gasteiger partial charge in [-0.1, -0.05) is 11.6 Å². The number of ketones is 2. The molecule has 1 fully saturated rings. The lowest BCUT2D eigenvalue weighted by Gasteiger charge is -2.42. The normalized spacial score (nSPS) is 28.6. The second-order valence-corrected chi connectivity index (χ2v) is 10.3. The van der Waals surface area contributed by atoms with E-state index >= 15 is 0 Å². The molecular formula is C24H19Br2NO6. The Morgan fingerprint density at radius 3 is 2.52 bits per heavy atom. The molecule has 0 aromatic heterocycles. The highest BCUT2D eigenvalue weighted by Crippen LogP contribution is 2.56. The van der Waals surface area contributed by atoms with E-state index in [1.165, 1.54) is 13.2 Å². The zero-order valence-electron chi connectivity index (χ0n) is 17.7. The minimum atomic E-state index is -0.636. The number of halogens is 2. The molecular weight excluding hydrogens is 558 g/mol. The highest BCUT2D eigenvalue weighted by atomic mass is 79.9. The number of Topliss-reactive ketones (excluding diaryl/α,β-unsaturated/α-hetero) is 1. The van der Waals surface area contributed by atoms with Gasteiger partial charge < -0.3 is 9.84 Å². The Balaban J connectivity index is 1.78. The minimum Gasteiger partial charge on any atom is -0.503 e. The van der Waals surface area contributed by atoms with Crippen molar-refractivity contribution in [3.05, 3.63) is 55.0 Å². The minimum absolute atomic E-state index is 0.102. The summed E-state index contributed by atoms with van der Waals surface area (Å²) in [5, 5.41) is 12.9. The van der Waals surface area contributed by atoms with Crippen LogP contribution in [0.25, 0.3) is 0 Å². The third kappa shape index (κ3) is 3.12. The van der Waals surface area contributed by atoms with Gasteiger partial charge in [0.2, 0.25) is 11.8 Å². The van der Waals surface area contributed by atoms with Crippen molar-refractivity contribution in [3.63, 3.8) is 0 Å². The Morgan fingerprint density at radius 2 is 1.82 bits per heavy atom. The highest BCUT2D eigenvalue weighted by Gasteiger charge is 2.53. The predicted molar refractivity (Wildman–Crippen MR) is 125 cm³/mol. The van der Waals surface area contributed by atoms with Crippen LogP contribution in [-0.2, 0) is 19.2 Å². The molecule has 7 nitrogen and oxygen atoms in total. The van der Waals surface area contributed by atoms with Crippen LogP contribution in [0.5, 0.6) is 11.5 Å². The molecule has 2 N–H and O–H groups in total. The quantitative estimate of drug-likeness (QED) is 0.316. The molecule has 4 atom stereocenters. The molecule has 1 aromatic rings. The van der Waals surface area contributed by atoms with Crippen molar-refractivity contribution in [1.29, 1.82) is 0 Å². The fourth-order valence-electron chi connectivity index (χ4n) is 5.61. The van der Waals surface area contributed by atoms with Crippen molar-refractivity contribution in [3.8, 4) is 11.5 Å². The van der Waals surface area contributed by atoms with Gasteiger partial charge >= 0.3 is 0 Å². The van der Waals surface area contributed by atoms with E-state index < -0.39 is 23.7 Å². The number of imide groups is 1. The fourth-order valence-corrected chi connectivity index (χ4v) is 6.56. The van der Waals surface area contributed by atoms with Gasteiger partial charge in [0.15, 0.2) is 23.1 Å². The van der Waals surface area contributed by atoms with Gasteiger partial charge in [0.25, 0.3) is 0 Å². The summed E-state index contributed by atoms with van der Waals surface area (Å²) in [6.45, 7) is 1.61. The lowest BCUT2D eigenvalue weighted by atomic mass is 9.59. The van der Waals surface area contributed by atoms with E-state index in [-0.39, 0.29) is 41.3 Å². The number of hydrogen-bond acceptors (Lipinski definition) is 6. The van der Waals surface area contributed by atoms with Gasteiger partial charge in [0.1, 0.15) is 0 Å². The SMILES string of the molecule is COc1cc([C@H]2C3=CC[C@@H]4C(=O)NC(=O)[C@@H]4[C@@H]3CC3=C2C(=O)C(C)=CC3=O)c(Br)c(Br)c1O. The Hall–Kier alpha value is -2.52. The van der Waals surface area contributed by atoms with Gasteiger partial charge in [-0.2, -0.15) is 0 Å². The van der Waals surface area contributed by atoms with Crippen molar-refractivity contribution in [2.75, 3.05) is 7.11 Å². The van der Waals surface area contributed by atoms with Crippen LogP contribution < -0.4 is 10.1 Å². The van der Waals surface area contributed by atoms with Gasteiger partial charge in [0, 0.05) is 27.1 Å². The molecule has 9 heteroatoms. The van der Waals surface area contributed by atoms with Crippen LogP contribution in [0, 0.1) is 17.8 Å². The van der Waals surface area contributed by atoms with E-state index in [0.717, 1.165) is 5.57 Å². The maximum absolute atomic E-state index is 13.4. The highest BCUT2D eigenvalue weighted by molar-refractivity contribution is 9.13. The summed E-state index contributed by atoms with van der Waals surface area (Å²) in [4.78, 5) is 51.5. The molecule has 4 aliphatic rings. The number of hydrogen-bond donors (Lipinski definition) is 2. The largest absolute Gasteiger partial charge is 0.503 e. The van der Waals surface area contributed by atoms with Gasteiger partial charge in [-0.05, 0) is 75.2 Å². The number of methoxy groups -OCH3 is 1. The third-order valence-corrected chi connectivity index (χ3v) is 9.27. The fraction of sp³-hybridized carbons (Fsp3) is 0.333. The Labute approximate surface area is 206 Å². The van der Waals surface area contributed by atoms with Gasteiger partial charge in [-0.3, -0.25) is 24.5 Å². The Morgan fingerprint density at radius 1 is 1.09 bits per heavy atom. The summed E-state index contributed by atoms with van der Waals surface area (Å²) in [5.41, 5.74) is 2.56. The number of carbonyl (C=O) groups excluding carboxylic acids is 4. The molecule has 0 bridgehead atoms. The average molecular weight is 577 g/mol. The topological polar surface area (TPSA) is 110 Å². The van der Waals surface area contributed by atoms with Crippen LogP contribution in [0.3, 0.4) is 0 Å². The van der Waals surface area contributed by atoms with Crippen LogP contribution in [0.4, 0.5) is 0 Å². The molecule has 3 aliphatic carbocycles. The Kier molecular flexibility index (Phi) is 5.25. The summed E-state index contributed by atoms with van der Waals surface area (Å²) in [6.07, 6.45) is 3.87. The van der Waals surface area contributed by atoms with Crippen molar-refractivity contribution < 1.29 is 29.0 Å². The number of phenolic OH excluding ortho intramolecular Hbond substituents is 1. The maximum Gasteiger partial charge on any atom is 0.231 e. The van der Waals surface area contributed by atoms with Crippen molar-refractivity contribution in [1.82, 2.24) is 5.32 Å². The van der Waals surface area contributed by atoms with Crippen LogP contribution in [-0.4, -0.2) is 35.6 Å². The molecule has 170 valence electrons. The molecule has 0 unspecified atom stereocenters. The first kappa shape index (κ1) is 22.3. The van der Waals surface area contributed by atoms with E-state index in [4.69, 9.17) is 4.74 Å². The molecule has 0 saturated carbocycles. The third-order valence-electron chi connectivity index (χ3n) is 7.11. The molecule has 33 heavy (non-hydrogen) atoms. The molecule has 1 saturated heterocycles. The summed E-state index contributed by atoms with van der Waals surface area (Å²) in [6, 6.07) is 1.64. The van der Waals surface area contributed by atoms with Crippen LogP contribution in [0.1, 0.15) is 31.2 Å². The lowest BCUT2D eigenvalue weighted by Crippen LogP contribution is -2.39. The summed E-state index contributed by atoms with van der Waals surface area (Å²) < 4.78 is 6.21. The Bertz CT molecular complexity index is 1270. The second-order valence-electron chi connectivity index (χ2n) is 8.73. The summed E-state index contributed by atoms with van der Waals surface area (Å²) in [7, 11) is 1.43. The van der Waals surface area contributed by atoms with E-state index in [0.29, 0.717) is 37.6 Å². The summed E-state index contributed by atoms with van der Waals surface area (Å²) in [5.74, 6) is -3.12. The van der Waals surface area contributed by atoms with E-state index in [1.54, 1.807) is 13.0 Å². The molecule has 0 radical (unpaired) electrons. The number of ether oxygens (including phenoxy) is 1. The van der Waals surface area contributed by atoms with E-state index in [9.17, 15) is 24.3 Å². The average Bonchev–Trinajstić information content (AvgIpc) is 3.08. The molecule has 0 spiro atoms. The van der Waals surface area contributed by atoms with E-state index in [2.05, 4.69) is 37.2 Å². The number of amides is 2. The van der Waals surface area contributed by atoms with Gasteiger partial charge in [-0.15, -0.1) is 0 Å². The molecule has 1 heterocycles. The van der Waals surface area contributed by atoms with E-state index in [1.807, 2.05) is 6.08 Å². The van der Waals surface area contributed by atoms with Gasteiger partial charge in [-0.25, -0.2) is 0 Å². The van der Waals surface area contributed by atoms with Crippen molar-refractivity contribution in [2.45, 2.75) is 25.7 Å². The first-order valence-corrected chi connectivity index (χ1v) is 12.0. The molecule has 2 amide bonds. The number of aromatic hydroxyl groups is 1. The molecule has 1 aromatic carbocycles. The monoisotopic (exact) mass is 575 g/mol. The maximum atomic E-state index is 13.4. The second kappa shape index (κ2) is 7.77. The number of carbonyl (C=O) groups is 4. The predicted octanol–water partition coefficient (Wildman–Crippen LogP) is 3.64.